The summed E-state index contributed by atoms with van der Waals surface area (Å²) in [5.74, 6) is 1.93. The Hall–Kier alpha value is -3.87. The summed E-state index contributed by atoms with van der Waals surface area (Å²) in [5, 5.41) is 0.470. The van der Waals surface area contributed by atoms with Crippen LogP contribution < -0.4 is 19.9 Å². The molecular formula is C23H18N4O3. The van der Waals surface area contributed by atoms with Crippen LogP contribution in [0.5, 0.6) is 11.5 Å². The number of nitrogens with zero attached hydrogens (tertiary/aromatic N) is 3. The molecule has 7 nitrogen and oxygen atoms in total. The molecule has 0 spiro atoms. The fourth-order valence-electron chi connectivity index (χ4n) is 4.18. The van der Waals surface area contributed by atoms with E-state index in [1.54, 1.807) is 6.20 Å². The number of pyridine rings is 1. The number of nitrogens with one attached hydrogen (secondary N) is 1. The number of hydrogen-bond acceptors (Lipinski definition) is 6. The lowest BCUT2D eigenvalue weighted by molar-refractivity contribution is 0.174. The molecule has 2 aromatic heterocycles. The number of ether oxygens (including phenoxy) is 2. The highest BCUT2D eigenvalue weighted by atomic mass is 16.7. The van der Waals surface area contributed by atoms with Crippen LogP contribution in [0.4, 0.5) is 5.95 Å². The summed E-state index contributed by atoms with van der Waals surface area (Å²) in [6, 6.07) is 15.9. The molecule has 2 aliphatic heterocycles. The first-order valence-electron chi connectivity index (χ1n) is 9.87. The predicted molar refractivity (Wildman–Crippen MR) is 113 cm³/mol. The van der Waals surface area contributed by atoms with Crippen molar-refractivity contribution >= 4 is 17.0 Å². The van der Waals surface area contributed by atoms with Crippen LogP contribution in [0.2, 0.25) is 0 Å². The van der Waals surface area contributed by atoms with Crippen LogP contribution in [0.15, 0.2) is 59.5 Å². The zero-order valence-electron chi connectivity index (χ0n) is 16.1. The van der Waals surface area contributed by atoms with Gasteiger partial charge in [-0.15, -0.1) is 0 Å². The highest BCUT2D eigenvalue weighted by molar-refractivity contribution is 5.92. The van der Waals surface area contributed by atoms with Gasteiger partial charge in [-0.2, -0.15) is 4.98 Å². The number of aromatic nitrogens is 3. The van der Waals surface area contributed by atoms with Crippen LogP contribution in [-0.4, -0.2) is 28.3 Å². The number of anilines is 1. The summed E-state index contributed by atoms with van der Waals surface area (Å²) in [6.45, 7) is 1.72. The van der Waals surface area contributed by atoms with Crippen molar-refractivity contribution in [2.45, 2.75) is 13.0 Å². The molecule has 4 heterocycles. The largest absolute Gasteiger partial charge is 0.454 e. The van der Waals surface area contributed by atoms with Crippen LogP contribution in [0, 0.1) is 0 Å². The van der Waals surface area contributed by atoms with Crippen LogP contribution in [0.1, 0.15) is 11.1 Å². The molecule has 4 aromatic rings. The summed E-state index contributed by atoms with van der Waals surface area (Å²) in [6.07, 6.45) is 2.60. The summed E-state index contributed by atoms with van der Waals surface area (Å²) in [7, 11) is 0. The Morgan fingerprint density at radius 1 is 1.00 bits per heavy atom. The van der Waals surface area contributed by atoms with Crippen molar-refractivity contribution in [2.75, 3.05) is 18.2 Å². The van der Waals surface area contributed by atoms with Crippen molar-refractivity contribution in [3.63, 3.8) is 0 Å². The Bertz CT molecular complexity index is 1350. The summed E-state index contributed by atoms with van der Waals surface area (Å²) in [5.41, 5.74) is 4.47. The molecule has 0 unspecified atom stereocenters. The van der Waals surface area contributed by atoms with Crippen molar-refractivity contribution in [3.05, 3.63) is 76.2 Å². The summed E-state index contributed by atoms with van der Waals surface area (Å²) >= 11 is 0. The number of H-pyrrole nitrogens is 1. The molecule has 0 amide bonds. The van der Waals surface area contributed by atoms with Gasteiger partial charge in [0.05, 0.1) is 5.39 Å². The molecule has 6 rings (SSSR count). The van der Waals surface area contributed by atoms with E-state index in [2.05, 4.69) is 33.1 Å². The minimum Gasteiger partial charge on any atom is -0.454 e. The monoisotopic (exact) mass is 398 g/mol. The molecular weight excluding hydrogens is 380 g/mol. The number of fused-ring (bicyclic) bond motifs is 3. The van der Waals surface area contributed by atoms with Crippen molar-refractivity contribution in [2.24, 2.45) is 0 Å². The molecule has 0 atom stereocenters. The highest BCUT2D eigenvalue weighted by Gasteiger charge is 2.21. The molecule has 2 aromatic carbocycles. The fourth-order valence-corrected chi connectivity index (χ4v) is 4.18. The van der Waals surface area contributed by atoms with E-state index in [9.17, 15) is 4.79 Å². The lowest BCUT2D eigenvalue weighted by atomic mass is 10.0. The lowest BCUT2D eigenvalue weighted by Crippen LogP contribution is -2.33. The first-order chi connectivity index (χ1) is 14.8. The first kappa shape index (κ1) is 17.0. The zero-order chi connectivity index (χ0) is 20.1. The van der Waals surface area contributed by atoms with Gasteiger partial charge < -0.3 is 14.4 Å². The Kier molecular flexibility index (Phi) is 3.74. The normalized spacial score (nSPS) is 14.7. The van der Waals surface area contributed by atoms with Gasteiger partial charge in [-0.1, -0.05) is 30.3 Å². The van der Waals surface area contributed by atoms with Crippen molar-refractivity contribution in [1.29, 1.82) is 0 Å². The van der Waals surface area contributed by atoms with Crippen LogP contribution >= 0.6 is 0 Å². The second-order valence-corrected chi connectivity index (χ2v) is 7.45. The molecule has 0 fully saturated rings. The molecule has 0 aliphatic carbocycles. The Balaban J connectivity index is 1.43. The number of aromatic amines is 1. The molecule has 148 valence electrons. The van der Waals surface area contributed by atoms with Gasteiger partial charge in [0.2, 0.25) is 12.7 Å². The van der Waals surface area contributed by atoms with Crippen molar-refractivity contribution < 1.29 is 9.47 Å². The molecule has 7 heteroatoms. The van der Waals surface area contributed by atoms with E-state index in [-0.39, 0.29) is 12.4 Å². The predicted octanol–water partition coefficient (Wildman–Crippen LogP) is 3.28. The highest BCUT2D eigenvalue weighted by Crippen LogP contribution is 2.37. The standard InChI is InChI=1S/C23H18N4O3/c28-22-20-17(15-5-6-18-19(11-15)30-13-29-18)7-9-24-21(20)25-23(26-22)27-10-8-14-3-1-2-4-16(14)12-27/h1-7,9,11H,8,10,12-13H2,(H,24,25,26,28). The van der Waals surface area contributed by atoms with Crippen molar-refractivity contribution in [3.8, 4) is 22.6 Å². The lowest BCUT2D eigenvalue weighted by Gasteiger charge is -2.29. The van der Waals surface area contributed by atoms with Crippen molar-refractivity contribution in [1.82, 2.24) is 15.0 Å². The second-order valence-electron chi connectivity index (χ2n) is 7.45. The molecule has 0 saturated carbocycles. The van der Waals surface area contributed by atoms with Gasteiger partial charge in [-0.05, 0) is 46.9 Å². The molecule has 0 radical (unpaired) electrons. The van der Waals surface area contributed by atoms with Gasteiger partial charge in [-0.25, -0.2) is 4.98 Å². The van der Waals surface area contributed by atoms with Gasteiger partial charge >= 0.3 is 0 Å². The van der Waals surface area contributed by atoms with Crippen LogP contribution in [0.3, 0.4) is 0 Å². The summed E-state index contributed by atoms with van der Waals surface area (Å²) < 4.78 is 10.9. The Labute approximate surface area is 171 Å². The van der Waals surface area contributed by atoms with Gasteiger partial charge in [0.15, 0.2) is 17.1 Å². The van der Waals surface area contributed by atoms with E-state index in [1.165, 1.54) is 11.1 Å². The number of rotatable bonds is 2. The van der Waals surface area contributed by atoms with E-state index in [4.69, 9.17) is 14.5 Å². The first-order valence-corrected chi connectivity index (χ1v) is 9.87. The fraction of sp³-hybridized carbons (Fsp3) is 0.174. The van der Waals surface area contributed by atoms with Crippen LogP contribution in [-0.2, 0) is 13.0 Å². The van der Waals surface area contributed by atoms with Gasteiger partial charge in [0.25, 0.3) is 5.56 Å². The average molecular weight is 398 g/mol. The van der Waals surface area contributed by atoms with Gasteiger partial charge in [-0.3, -0.25) is 9.78 Å². The Morgan fingerprint density at radius 3 is 2.80 bits per heavy atom. The minimum atomic E-state index is -0.199. The maximum absolute atomic E-state index is 13.1. The number of benzene rings is 2. The van der Waals surface area contributed by atoms with E-state index < -0.39 is 0 Å². The summed E-state index contributed by atoms with van der Waals surface area (Å²) in [4.78, 5) is 27.3. The SMILES string of the molecule is O=c1[nH]c(N2CCc3ccccc3C2)nc2nccc(-c3ccc4c(c3)OCO4)c12. The van der Waals surface area contributed by atoms with Crippen LogP contribution in [0.25, 0.3) is 22.2 Å². The molecule has 0 bridgehead atoms. The van der Waals surface area contributed by atoms with E-state index in [1.807, 2.05) is 30.3 Å². The minimum absolute atomic E-state index is 0.199. The molecule has 1 N–H and O–H groups in total. The van der Waals surface area contributed by atoms with Gasteiger partial charge in [0.1, 0.15) is 0 Å². The quantitative estimate of drug-likeness (QED) is 0.558. The van der Waals surface area contributed by atoms with E-state index in [0.717, 1.165) is 24.1 Å². The topological polar surface area (TPSA) is 80.3 Å². The maximum atomic E-state index is 13.1. The average Bonchev–Trinajstić information content (AvgIpc) is 3.26. The number of hydrogen-bond donors (Lipinski definition) is 1. The third-order valence-electron chi connectivity index (χ3n) is 5.71. The van der Waals surface area contributed by atoms with E-state index in [0.29, 0.717) is 35.0 Å². The third-order valence-corrected chi connectivity index (χ3v) is 5.71. The van der Waals surface area contributed by atoms with Gasteiger partial charge in [0, 0.05) is 19.3 Å². The van der Waals surface area contributed by atoms with E-state index >= 15 is 0 Å². The Morgan fingerprint density at radius 2 is 1.87 bits per heavy atom. The molecule has 30 heavy (non-hydrogen) atoms. The third kappa shape index (κ3) is 2.70. The maximum Gasteiger partial charge on any atom is 0.262 e. The zero-order valence-corrected chi connectivity index (χ0v) is 16.1. The smallest absolute Gasteiger partial charge is 0.262 e. The molecule has 0 saturated heterocycles. The second kappa shape index (κ2) is 6.59. The molecule has 2 aliphatic rings.